The number of nitro benzene ring substituents is 1. The lowest BCUT2D eigenvalue weighted by Crippen LogP contribution is -2.63. The molecule has 4 aliphatic carbocycles. The van der Waals surface area contributed by atoms with Gasteiger partial charge in [-0.1, -0.05) is 38.8 Å². The zero-order chi connectivity index (χ0) is 30.7. The molecule has 11 heteroatoms. The van der Waals surface area contributed by atoms with E-state index < -0.39 is 58.4 Å². The highest BCUT2D eigenvalue weighted by Gasteiger charge is 2.75. The molecule has 1 heterocycles. The van der Waals surface area contributed by atoms with Crippen LogP contribution < -0.4 is 4.74 Å². The predicted molar refractivity (Wildman–Crippen MR) is 151 cm³/mol. The van der Waals surface area contributed by atoms with Gasteiger partial charge in [0, 0.05) is 28.9 Å². The highest BCUT2D eigenvalue weighted by atomic mass is 16.8. The van der Waals surface area contributed by atoms with E-state index in [9.17, 15) is 29.6 Å². The smallest absolute Gasteiger partial charge is 0.426 e. The number of rotatable bonds is 7. The summed E-state index contributed by atoms with van der Waals surface area (Å²) in [6.45, 7) is 5.47. The fourth-order valence-corrected chi connectivity index (χ4v) is 9.00. The monoisotopic (exact) mass is 595 g/mol. The molecule has 3 saturated carbocycles. The van der Waals surface area contributed by atoms with Crippen LogP contribution in [-0.2, 0) is 23.8 Å². The van der Waals surface area contributed by atoms with Crippen LogP contribution in [0.25, 0.3) is 0 Å². The predicted octanol–water partition coefficient (Wildman–Crippen LogP) is 4.85. The van der Waals surface area contributed by atoms with Crippen molar-refractivity contribution >= 4 is 23.4 Å². The summed E-state index contributed by atoms with van der Waals surface area (Å²) < 4.78 is 23.3. The van der Waals surface area contributed by atoms with Crippen molar-refractivity contribution < 1.29 is 43.4 Å². The fourth-order valence-electron chi connectivity index (χ4n) is 9.00. The second-order valence-electron chi connectivity index (χ2n) is 13.0. The van der Waals surface area contributed by atoms with Crippen LogP contribution in [0.15, 0.2) is 48.1 Å². The van der Waals surface area contributed by atoms with E-state index in [2.05, 4.69) is 6.92 Å². The van der Waals surface area contributed by atoms with Gasteiger partial charge >= 0.3 is 6.16 Å². The molecule has 1 saturated heterocycles. The molecule has 1 aromatic rings. The van der Waals surface area contributed by atoms with E-state index in [1.807, 2.05) is 19.9 Å². The van der Waals surface area contributed by atoms with Gasteiger partial charge < -0.3 is 24.1 Å². The van der Waals surface area contributed by atoms with Gasteiger partial charge in [0.2, 0.25) is 5.78 Å². The summed E-state index contributed by atoms with van der Waals surface area (Å²) in [7, 11) is 0. The number of carbonyl (C=O) groups is 3. The molecule has 1 aliphatic heterocycles. The minimum atomic E-state index is -1.42. The van der Waals surface area contributed by atoms with E-state index in [-0.39, 0.29) is 35.0 Å². The molecular weight excluding hydrogens is 558 g/mol. The molecule has 5 aliphatic rings. The minimum absolute atomic E-state index is 0.00566. The van der Waals surface area contributed by atoms with Gasteiger partial charge in [-0.25, -0.2) is 4.79 Å². The van der Waals surface area contributed by atoms with Crippen LogP contribution in [0, 0.1) is 38.7 Å². The number of fused-ring (bicyclic) bond motifs is 7. The molecule has 0 bridgehead atoms. The number of benzene rings is 1. The average molecular weight is 596 g/mol. The molecule has 0 radical (unpaired) electrons. The Morgan fingerprint density at radius 2 is 1.95 bits per heavy atom. The largest absolute Gasteiger partial charge is 0.514 e. The van der Waals surface area contributed by atoms with E-state index in [1.165, 1.54) is 24.3 Å². The van der Waals surface area contributed by atoms with Crippen molar-refractivity contribution in [1.82, 2.24) is 0 Å². The highest BCUT2D eigenvalue weighted by Crippen LogP contribution is 2.69. The lowest BCUT2D eigenvalue weighted by atomic mass is 9.46. The van der Waals surface area contributed by atoms with Crippen molar-refractivity contribution in [3.05, 3.63) is 58.2 Å². The molecular formula is C32H37NO10. The maximum atomic E-state index is 14.2. The third-order valence-corrected chi connectivity index (χ3v) is 10.8. The van der Waals surface area contributed by atoms with Crippen molar-refractivity contribution in [2.45, 2.75) is 83.4 Å². The highest BCUT2D eigenvalue weighted by molar-refractivity contribution is 6.01. The van der Waals surface area contributed by atoms with Gasteiger partial charge in [0.15, 0.2) is 24.3 Å². The van der Waals surface area contributed by atoms with Crippen LogP contribution >= 0.6 is 0 Å². The van der Waals surface area contributed by atoms with Gasteiger partial charge in [0.05, 0.1) is 17.1 Å². The second kappa shape index (κ2) is 10.6. The van der Waals surface area contributed by atoms with Gasteiger partial charge in [-0.15, -0.1) is 0 Å². The minimum Gasteiger partial charge on any atom is -0.426 e. The number of carbonyl (C=O) groups excluding carboxylic acids is 3. The maximum Gasteiger partial charge on any atom is 0.514 e. The van der Waals surface area contributed by atoms with Gasteiger partial charge in [0.1, 0.15) is 5.75 Å². The topological polar surface area (TPSA) is 152 Å². The molecule has 0 amide bonds. The first-order chi connectivity index (χ1) is 20.4. The van der Waals surface area contributed by atoms with Crippen molar-refractivity contribution in [2.75, 3.05) is 6.61 Å². The molecule has 0 spiro atoms. The molecule has 230 valence electrons. The lowest BCUT2D eigenvalue weighted by Gasteiger charge is -2.59. The first kappa shape index (κ1) is 29.7. The van der Waals surface area contributed by atoms with Crippen molar-refractivity contribution in [2.24, 2.45) is 28.6 Å². The van der Waals surface area contributed by atoms with Crippen LogP contribution in [-0.4, -0.2) is 58.5 Å². The van der Waals surface area contributed by atoms with E-state index in [0.29, 0.717) is 19.3 Å². The summed E-state index contributed by atoms with van der Waals surface area (Å²) in [4.78, 5) is 49.2. The summed E-state index contributed by atoms with van der Waals surface area (Å²) in [6.07, 6.45) is 5.94. The molecule has 4 fully saturated rings. The zero-order valence-corrected chi connectivity index (χ0v) is 24.5. The van der Waals surface area contributed by atoms with E-state index in [4.69, 9.17) is 18.9 Å². The van der Waals surface area contributed by atoms with Gasteiger partial charge in [0.25, 0.3) is 5.69 Å². The summed E-state index contributed by atoms with van der Waals surface area (Å²) in [5.74, 6) is -0.507. The number of allylic oxidation sites excluding steroid dienone is 4. The Labute approximate surface area is 249 Å². The van der Waals surface area contributed by atoms with E-state index in [0.717, 1.165) is 24.8 Å². The van der Waals surface area contributed by atoms with Crippen LogP contribution in [0.1, 0.15) is 59.3 Å². The standard InChI is InChI=1S/C32H37NO10/c1-4-5-27-42-26-15-23-22-11-6-18-14-20(34)12-13-30(18,2)28(22)24(35)16-31(23,3)32(26,43-27)25(36)17-40-29(37)41-21-9-7-19(8-10-21)33(38)39/h7-10,12-14,22-24,26-28,35H,4-6,11,15-17H2,1-3H3. The Kier molecular flexibility index (Phi) is 7.34. The normalized spacial score (nSPS) is 39.2. The van der Waals surface area contributed by atoms with Crippen molar-refractivity contribution in [3.8, 4) is 5.75 Å². The summed E-state index contributed by atoms with van der Waals surface area (Å²) in [6, 6.07) is 4.93. The number of aliphatic hydroxyl groups excluding tert-OH is 1. The number of nitro groups is 1. The molecule has 1 N–H and O–H groups in total. The van der Waals surface area contributed by atoms with Crippen LogP contribution in [0.5, 0.6) is 5.75 Å². The first-order valence-corrected chi connectivity index (χ1v) is 15.0. The third-order valence-electron chi connectivity index (χ3n) is 10.8. The quantitative estimate of drug-likeness (QED) is 0.200. The number of ketones is 2. The van der Waals surface area contributed by atoms with Crippen LogP contribution in [0.3, 0.4) is 0 Å². The first-order valence-electron chi connectivity index (χ1n) is 15.0. The van der Waals surface area contributed by atoms with Gasteiger partial charge in [-0.3, -0.25) is 19.7 Å². The van der Waals surface area contributed by atoms with Gasteiger partial charge in [-0.05, 0) is 68.2 Å². The zero-order valence-electron chi connectivity index (χ0n) is 24.5. The molecule has 9 atom stereocenters. The average Bonchev–Trinajstić information content (AvgIpc) is 3.44. The van der Waals surface area contributed by atoms with Crippen molar-refractivity contribution in [1.29, 1.82) is 0 Å². The summed E-state index contributed by atoms with van der Waals surface area (Å²) >= 11 is 0. The number of aliphatic hydroxyl groups is 1. The number of nitrogens with zero attached hydrogens (tertiary/aromatic N) is 1. The number of ether oxygens (including phenoxy) is 4. The molecule has 9 unspecified atom stereocenters. The molecule has 0 aromatic heterocycles. The molecule has 43 heavy (non-hydrogen) atoms. The van der Waals surface area contributed by atoms with E-state index >= 15 is 0 Å². The number of hydrogen-bond acceptors (Lipinski definition) is 10. The molecule has 1 aromatic carbocycles. The number of Topliss-reactive ketones (excluding diaryl/α,β-unsaturated/α-hetero) is 1. The summed E-state index contributed by atoms with van der Waals surface area (Å²) in [5, 5.41) is 22.7. The Balaban J connectivity index is 1.25. The van der Waals surface area contributed by atoms with Gasteiger partial charge in [-0.2, -0.15) is 0 Å². The number of hydrogen-bond donors (Lipinski definition) is 1. The maximum absolute atomic E-state index is 14.2. The Morgan fingerprint density at radius 1 is 1.21 bits per heavy atom. The molecule has 11 nitrogen and oxygen atoms in total. The Bertz CT molecular complexity index is 1400. The lowest BCUT2D eigenvalue weighted by molar-refractivity contribution is -0.384. The SMILES string of the molecule is CCCC1OC2CC3C4CCC5=CC(=O)C=CC5(C)C4C(O)CC3(C)C2(C(=O)COC(=O)Oc2ccc([N+](=O)[O-])cc2)O1. The van der Waals surface area contributed by atoms with E-state index in [1.54, 1.807) is 12.2 Å². The summed E-state index contributed by atoms with van der Waals surface area (Å²) in [5.41, 5.74) is -1.79. The Hall–Kier alpha value is -3.41. The molecule has 6 rings (SSSR count). The van der Waals surface area contributed by atoms with Crippen molar-refractivity contribution in [3.63, 3.8) is 0 Å². The fraction of sp³-hybridized carbons (Fsp3) is 0.594. The Morgan fingerprint density at radius 3 is 2.65 bits per heavy atom. The van der Waals surface area contributed by atoms with Crippen LogP contribution in [0.2, 0.25) is 0 Å². The number of non-ortho nitro benzene ring substituents is 1. The second-order valence-corrected chi connectivity index (χ2v) is 13.0. The third kappa shape index (κ3) is 4.55. The van der Waals surface area contributed by atoms with Crippen LogP contribution in [0.4, 0.5) is 10.5 Å².